The third kappa shape index (κ3) is 3.06. The van der Waals surface area contributed by atoms with Crippen molar-refractivity contribution in [1.82, 2.24) is 29.4 Å². The summed E-state index contributed by atoms with van der Waals surface area (Å²) in [4.78, 5) is 18.6. The molecule has 0 aliphatic heterocycles. The number of aromatic nitrogens is 5. The second kappa shape index (κ2) is 6.79. The second-order valence-corrected chi connectivity index (χ2v) is 6.04. The molecular formula is C19H18N6O. The summed E-state index contributed by atoms with van der Waals surface area (Å²) in [6.45, 7) is 1.22. The SMILES string of the molecule is CN(CCn1cnc2ccccc21)C(=O)c1cn(-c2ccccc2)nn1. The Balaban J connectivity index is 1.44. The van der Waals surface area contributed by atoms with Gasteiger partial charge in [-0.05, 0) is 24.3 Å². The predicted molar refractivity (Wildman–Crippen MR) is 98.1 cm³/mol. The largest absolute Gasteiger partial charge is 0.338 e. The van der Waals surface area contributed by atoms with Gasteiger partial charge >= 0.3 is 0 Å². The first-order chi connectivity index (χ1) is 12.7. The summed E-state index contributed by atoms with van der Waals surface area (Å²) < 4.78 is 3.64. The Morgan fingerprint density at radius 1 is 1.08 bits per heavy atom. The van der Waals surface area contributed by atoms with Gasteiger partial charge in [-0.2, -0.15) is 0 Å². The summed E-state index contributed by atoms with van der Waals surface area (Å²) in [7, 11) is 1.77. The van der Waals surface area contributed by atoms with Gasteiger partial charge in [-0.3, -0.25) is 4.79 Å². The van der Waals surface area contributed by atoms with E-state index in [1.165, 1.54) is 0 Å². The second-order valence-electron chi connectivity index (χ2n) is 6.04. The maximum atomic E-state index is 12.6. The molecular weight excluding hydrogens is 328 g/mol. The molecule has 4 aromatic rings. The lowest BCUT2D eigenvalue weighted by molar-refractivity contribution is 0.0785. The molecule has 4 rings (SSSR count). The van der Waals surface area contributed by atoms with Crippen LogP contribution >= 0.6 is 0 Å². The number of benzene rings is 2. The van der Waals surface area contributed by atoms with Crippen molar-refractivity contribution in [3.8, 4) is 5.69 Å². The minimum absolute atomic E-state index is 0.156. The number of carbonyl (C=O) groups is 1. The average molecular weight is 346 g/mol. The van der Waals surface area contributed by atoms with Gasteiger partial charge in [-0.15, -0.1) is 5.10 Å². The molecule has 0 spiro atoms. The van der Waals surface area contributed by atoms with Crippen LogP contribution < -0.4 is 0 Å². The summed E-state index contributed by atoms with van der Waals surface area (Å²) >= 11 is 0. The smallest absolute Gasteiger partial charge is 0.275 e. The number of nitrogens with zero attached hydrogens (tertiary/aromatic N) is 6. The highest BCUT2D eigenvalue weighted by Gasteiger charge is 2.16. The Bertz CT molecular complexity index is 1040. The lowest BCUT2D eigenvalue weighted by Gasteiger charge is -2.16. The van der Waals surface area contributed by atoms with Crippen LogP contribution in [0.2, 0.25) is 0 Å². The number of hydrogen-bond acceptors (Lipinski definition) is 4. The van der Waals surface area contributed by atoms with Crippen molar-refractivity contribution in [2.75, 3.05) is 13.6 Å². The number of para-hydroxylation sites is 3. The number of rotatable bonds is 5. The Labute approximate surface area is 150 Å². The Morgan fingerprint density at radius 2 is 1.85 bits per heavy atom. The number of carbonyl (C=O) groups excluding carboxylic acids is 1. The summed E-state index contributed by atoms with van der Waals surface area (Å²) in [6.07, 6.45) is 3.45. The van der Waals surface area contributed by atoms with Crippen molar-refractivity contribution in [3.63, 3.8) is 0 Å². The van der Waals surface area contributed by atoms with Crippen LogP contribution in [-0.4, -0.2) is 48.9 Å². The molecule has 7 nitrogen and oxygen atoms in total. The number of imidazole rings is 1. The van der Waals surface area contributed by atoms with Crippen LogP contribution in [0.4, 0.5) is 0 Å². The fourth-order valence-corrected chi connectivity index (χ4v) is 2.81. The van der Waals surface area contributed by atoms with Crippen LogP contribution in [0.15, 0.2) is 67.1 Å². The van der Waals surface area contributed by atoms with Crippen LogP contribution in [0, 0.1) is 0 Å². The standard InChI is InChI=1S/C19H18N6O/c1-23(11-12-24-14-20-16-9-5-6-10-18(16)24)19(26)17-13-25(22-21-17)15-7-3-2-4-8-15/h2-10,13-14H,11-12H2,1H3. The van der Waals surface area contributed by atoms with E-state index in [-0.39, 0.29) is 5.91 Å². The highest BCUT2D eigenvalue weighted by atomic mass is 16.2. The molecule has 0 aliphatic carbocycles. The first-order valence-electron chi connectivity index (χ1n) is 8.35. The van der Waals surface area contributed by atoms with E-state index in [9.17, 15) is 4.79 Å². The van der Waals surface area contributed by atoms with Gasteiger partial charge in [0.1, 0.15) is 0 Å². The monoisotopic (exact) mass is 346 g/mol. The molecule has 26 heavy (non-hydrogen) atoms. The van der Waals surface area contributed by atoms with Gasteiger partial charge < -0.3 is 9.47 Å². The molecule has 2 aromatic heterocycles. The van der Waals surface area contributed by atoms with Crippen molar-refractivity contribution >= 4 is 16.9 Å². The van der Waals surface area contributed by atoms with Crippen LogP contribution in [0.1, 0.15) is 10.5 Å². The molecule has 0 saturated heterocycles. The number of amides is 1. The normalized spacial score (nSPS) is 11.0. The molecule has 0 saturated carbocycles. The van der Waals surface area contributed by atoms with Gasteiger partial charge in [-0.1, -0.05) is 35.5 Å². The Morgan fingerprint density at radius 3 is 2.69 bits per heavy atom. The average Bonchev–Trinajstić information content (AvgIpc) is 3.34. The summed E-state index contributed by atoms with van der Waals surface area (Å²) in [6, 6.07) is 17.5. The van der Waals surface area contributed by atoms with Crippen molar-refractivity contribution in [2.45, 2.75) is 6.54 Å². The van der Waals surface area contributed by atoms with Crippen molar-refractivity contribution in [1.29, 1.82) is 0 Å². The molecule has 1 amide bonds. The van der Waals surface area contributed by atoms with E-state index in [4.69, 9.17) is 0 Å². The van der Waals surface area contributed by atoms with Crippen LogP contribution in [-0.2, 0) is 6.54 Å². The number of hydrogen-bond donors (Lipinski definition) is 0. The molecule has 130 valence electrons. The summed E-state index contributed by atoms with van der Waals surface area (Å²) in [5.41, 5.74) is 3.20. The van der Waals surface area contributed by atoms with E-state index in [1.807, 2.05) is 59.2 Å². The van der Waals surface area contributed by atoms with Crippen molar-refractivity contribution < 1.29 is 4.79 Å². The molecule has 0 N–H and O–H groups in total. The van der Waals surface area contributed by atoms with Crippen LogP contribution in [0.25, 0.3) is 16.7 Å². The van der Waals surface area contributed by atoms with Crippen LogP contribution in [0.5, 0.6) is 0 Å². The van der Waals surface area contributed by atoms with Gasteiger partial charge in [0.05, 0.1) is 29.2 Å². The van der Waals surface area contributed by atoms with E-state index in [1.54, 1.807) is 29.2 Å². The first kappa shape index (κ1) is 16.0. The minimum atomic E-state index is -0.156. The fourth-order valence-electron chi connectivity index (χ4n) is 2.81. The van der Waals surface area contributed by atoms with Gasteiger partial charge in [0.2, 0.25) is 0 Å². The maximum absolute atomic E-state index is 12.6. The van der Waals surface area contributed by atoms with Crippen LogP contribution in [0.3, 0.4) is 0 Å². The summed E-state index contributed by atoms with van der Waals surface area (Å²) in [5, 5.41) is 8.06. The van der Waals surface area contributed by atoms with E-state index in [0.717, 1.165) is 16.7 Å². The molecule has 0 unspecified atom stereocenters. The Kier molecular flexibility index (Phi) is 4.18. The van der Waals surface area contributed by atoms with E-state index in [2.05, 4.69) is 15.3 Å². The van der Waals surface area contributed by atoms with E-state index >= 15 is 0 Å². The third-order valence-corrected chi connectivity index (χ3v) is 4.28. The quantitative estimate of drug-likeness (QED) is 0.556. The topological polar surface area (TPSA) is 68.8 Å². The fraction of sp³-hybridized carbons (Fsp3) is 0.158. The van der Waals surface area contributed by atoms with E-state index in [0.29, 0.717) is 18.8 Å². The molecule has 0 radical (unpaired) electrons. The molecule has 2 aromatic carbocycles. The first-order valence-corrected chi connectivity index (χ1v) is 8.35. The van der Waals surface area contributed by atoms with Gasteiger partial charge in [-0.25, -0.2) is 9.67 Å². The summed E-state index contributed by atoms with van der Waals surface area (Å²) in [5.74, 6) is -0.156. The lowest BCUT2D eigenvalue weighted by Crippen LogP contribution is -2.30. The lowest BCUT2D eigenvalue weighted by atomic mass is 10.3. The highest BCUT2D eigenvalue weighted by molar-refractivity contribution is 5.91. The predicted octanol–water partition coefficient (Wildman–Crippen LogP) is 2.39. The zero-order chi connectivity index (χ0) is 17.9. The van der Waals surface area contributed by atoms with Gasteiger partial charge in [0, 0.05) is 20.1 Å². The third-order valence-electron chi connectivity index (χ3n) is 4.28. The highest BCUT2D eigenvalue weighted by Crippen LogP contribution is 2.12. The molecule has 0 aliphatic rings. The van der Waals surface area contributed by atoms with Crippen molar-refractivity contribution in [3.05, 3.63) is 72.8 Å². The molecule has 0 atom stereocenters. The molecule has 0 bridgehead atoms. The van der Waals surface area contributed by atoms with Gasteiger partial charge in [0.15, 0.2) is 5.69 Å². The minimum Gasteiger partial charge on any atom is -0.338 e. The zero-order valence-electron chi connectivity index (χ0n) is 14.4. The zero-order valence-corrected chi connectivity index (χ0v) is 14.4. The van der Waals surface area contributed by atoms with E-state index < -0.39 is 0 Å². The number of fused-ring (bicyclic) bond motifs is 1. The molecule has 7 heteroatoms. The molecule has 2 heterocycles. The number of likely N-dealkylation sites (N-methyl/N-ethyl adjacent to an activating group) is 1. The molecule has 0 fully saturated rings. The van der Waals surface area contributed by atoms with Gasteiger partial charge in [0.25, 0.3) is 5.91 Å². The maximum Gasteiger partial charge on any atom is 0.275 e. The Hall–Kier alpha value is -3.48. The van der Waals surface area contributed by atoms with Crippen molar-refractivity contribution in [2.24, 2.45) is 0 Å².